The molecular weight excluding hydrogens is 368 g/mol. The average molecular weight is 397 g/mol. The minimum absolute atomic E-state index is 0.0825. The third kappa shape index (κ3) is 5.07. The smallest absolute Gasteiger partial charge is 0.221 e. The summed E-state index contributed by atoms with van der Waals surface area (Å²) in [6.45, 7) is 5.62. The lowest BCUT2D eigenvalue weighted by atomic mass is 10.0. The molecule has 0 aliphatic rings. The summed E-state index contributed by atoms with van der Waals surface area (Å²) in [6, 6.07) is 10.3. The topological polar surface area (TPSA) is 66.9 Å². The number of carbonyl (C=O) groups excluding carboxylic acids is 1. The molecule has 0 atom stereocenters. The molecule has 0 fully saturated rings. The monoisotopic (exact) mass is 396 g/mol. The van der Waals surface area contributed by atoms with Gasteiger partial charge in [0.05, 0.1) is 5.39 Å². The van der Waals surface area contributed by atoms with E-state index in [2.05, 4.69) is 46.6 Å². The Bertz CT molecular complexity index is 908. The molecule has 0 unspecified atom stereocenters. The first-order valence-corrected chi connectivity index (χ1v) is 10.8. The standard InChI is InChI=1S/C22H28N4OS/c1-3-4-5-9-13-23-18(27)12-14-24-21-20-19(17-10-7-6-8-11-17)16(2)28-22(20)26-15-25-21/h6-8,10-11,15H,3-5,9,12-14H2,1-2H3,(H,23,27)(H,24,25,26). The van der Waals surface area contributed by atoms with E-state index >= 15 is 0 Å². The van der Waals surface area contributed by atoms with E-state index in [4.69, 9.17) is 0 Å². The number of aromatic nitrogens is 2. The number of hydrogen-bond donors (Lipinski definition) is 2. The Morgan fingerprint density at radius 3 is 2.68 bits per heavy atom. The van der Waals surface area contributed by atoms with Crippen LogP contribution in [-0.4, -0.2) is 29.0 Å². The molecule has 0 bridgehead atoms. The summed E-state index contributed by atoms with van der Waals surface area (Å²) in [7, 11) is 0. The second-order valence-corrected chi connectivity index (χ2v) is 8.09. The zero-order valence-corrected chi connectivity index (χ0v) is 17.4. The molecule has 0 aliphatic carbocycles. The van der Waals surface area contributed by atoms with Crippen LogP contribution in [-0.2, 0) is 4.79 Å². The van der Waals surface area contributed by atoms with Gasteiger partial charge in [0, 0.05) is 30.0 Å². The number of unbranched alkanes of at least 4 members (excludes halogenated alkanes) is 3. The summed E-state index contributed by atoms with van der Waals surface area (Å²) in [5.41, 5.74) is 2.33. The van der Waals surface area contributed by atoms with Crippen molar-refractivity contribution in [1.82, 2.24) is 15.3 Å². The zero-order chi connectivity index (χ0) is 19.8. The van der Waals surface area contributed by atoms with Crippen molar-refractivity contribution in [3.05, 3.63) is 41.5 Å². The van der Waals surface area contributed by atoms with Crippen LogP contribution >= 0.6 is 11.3 Å². The molecule has 0 aliphatic heterocycles. The van der Waals surface area contributed by atoms with Gasteiger partial charge < -0.3 is 10.6 Å². The van der Waals surface area contributed by atoms with Gasteiger partial charge in [-0.1, -0.05) is 56.5 Å². The van der Waals surface area contributed by atoms with Crippen molar-refractivity contribution in [1.29, 1.82) is 0 Å². The summed E-state index contributed by atoms with van der Waals surface area (Å²) in [5.74, 6) is 0.878. The van der Waals surface area contributed by atoms with Gasteiger partial charge in [0.1, 0.15) is 17.0 Å². The maximum Gasteiger partial charge on any atom is 0.221 e. The van der Waals surface area contributed by atoms with Crippen molar-refractivity contribution in [2.75, 3.05) is 18.4 Å². The van der Waals surface area contributed by atoms with E-state index in [0.717, 1.165) is 34.6 Å². The highest BCUT2D eigenvalue weighted by Crippen LogP contribution is 2.40. The lowest BCUT2D eigenvalue weighted by Gasteiger charge is -2.09. The molecule has 1 aromatic carbocycles. The van der Waals surface area contributed by atoms with Gasteiger partial charge in [0.15, 0.2) is 0 Å². The van der Waals surface area contributed by atoms with E-state index in [1.807, 2.05) is 18.2 Å². The number of carbonyl (C=O) groups is 1. The molecule has 6 heteroatoms. The van der Waals surface area contributed by atoms with Crippen molar-refractivity contribution in [3.63, 3.8) is 0 Å². The van der Waals surface area contributed by atoms with Crippen LogP contribution in [0.1, 0.15) is 43.9 Å². The number of fused-ring (bicyclic) bond motifs is 1. The van der Waals surface area contributed by atoms with Crippen LogP contribution in [0, 0.1) is 6.92 Å². The number of amides is 1. The Balaban J connectivity index is 1.65. The number of thiophene rings is 1. The second-order valence-electron chi connectivity index (χ2n) is 6.89. The lowest BCUT2D eigenvalue weighted by Crippen LogP contribution is -2.26. The quantitative estimate of drug-likeness (QED) is 0.464. The number of nitrogens with zero attached hydrogens (tertiary/aromatic N) is 2. The van der Waals surface area contributed by atoms with E-state index in [0.29, 0.717) is 13.0 Å². The number of rotatable bonds is 10. The highest BCUT2D eigenvalue weighted by atomic mass is 32.1. The summed E-state index contributed by atoms with van der Waals surface area (Å²) in [6.07, 6.45) is 6.68. The molecule has 5 nitrogen and oxygen atoms in total. The average Bonchev–Trinajstić information content (AvgIpc) is 3.05. The Labute approximate surface area is 170 Å². The SMILES string of the molecule is CCCCCCNC(=O)CCNc1ncnc2sc(C)c(-c3ccccc3)c12. The van der Waals surface area contributed by atoms with Crippen molar-refractivity contribution >= 4 is 33.3 Å². The Hall–Kier alpha value is -2.47. The van der Waals surface area contributed by atoms with Gasteiger partial charge in [0.2, 0.25) is 5.91 Å². The van der Waals surface area contributed by atoms with E-state index in [9.17, 15) is 4.79 Å². The van der Waals surface area contributed by atoms with Crippen LogP contribution in [0.3, 0.4) is 0 Å². The summed E-state index contributed by atoms with van der Waals surface area (Å²) < 4.78 is 0. The van der Waals surface area contributed by atoms with Gasteiger partial charge in [-0.3, -0.25) is 4.79 Å². The van der Waals surface area contributed by atoms with Gasteiger partial charge in [-0.15, -0.1) is 11.3 Å². The van der Waals surface area contributed by atoms with Crippen molar-refractivity contribution in [2.24, 2.45) is 0 Å². The van der Waals surface area contributed by atoms with Crippen molar-refractivity contribution in [2.45, 2.75) is 46.0 Å². The molecule has 28 heavy (non-hydrogen) atoms. The first kappa shape index (κ1) is 20.3. The molecule has 2 aromatic heterocycles. The van der Waals surface area contributed by atoms with Crippen LogP contribution < -0.4 is 10.6 Å². The largest absolute Gasteiger partial charge is 0.369 e. The normalized spacial score (nSPS) is 10.9. The number of anilines is 1. The molecule has 2 heterocycles. The zero-order valence-electron chi connectivity index (χ0n) is 16.6. The highest BCUT2D eigenvalue weighted by Gasteiger charge is 2.16. The van der Waals surface area contributed by atoms with Crippen LogP contribution in [0.2, 0.25) is 0 Å². The maximum absolute atomic E-state index is 12.0. The van der Waals surface area contributed by atoms with Gasteiger partial charge >= 0.3 is 0 Å². The fraction of sp³-hybridized carbons (Fsp3) is 0.409. The molecule has 1 amide bonds. The maximum atomic E-state index is 12.0. The third-order valence-electron chi connectivity index (χ3n) is 4.72. The summed E-state index contributed by atoms with van der Waals surface area (Å²) in [5, 5.41) is 7.38. The summed E-state index contributed by atoms with van der Waals surface area (Å²) in [4.78, 5) is 23.1. The van der Waals surface area contributed by atoms with E-state index in [1.54, 1.807) is 17.7 Å². The minimum Gasteiger partial charge on any atom is -0.369 e. The molecule has 3 rings (SSSR count). The Morgan fingerprint density at radius 1 is 1.07 bits per heavy atom. The summed E-state index contributed by atoms with van der Waals surface area (Å²) >= 11 is 1.67. The predicted octanol–water partition coefficient (Wildman–Crippen LogP) is 5.17. The predicted molar refractivity (Wildman–Crippen MR) is 118 cm³/mol. The number of aryl methyl sites for hydroxylation is 1. The van der Waals surface area contributed by atoms with Crippen LogP contribution in [0.25, 0.3) is 21.3 Å². The molecule has 0 spiro atoms. The molecule has 3 aromatic rings. The molecule has 148 valence electrons. The first-order valence-electron chi connectivity index (χ1n) is 10.0. The van der Waals surface area contributed by atoms with Crippen LogP contribution in [0.4, 0.5) is 5.82 Å². The van der Waals surface area contributed by atoms with Crippen LogP contribution in [0.5, 0.6) is 0 Å². The van der Waals surface area contributed by atoms with Gasteiger partial charge in [-0.25, -0.2) is 9.97 Å². The molecule has 2 N–H and O–H groups in total. The van der Waals surface area contributed by atoms with E-state index in [-0.39, 0.29) is 5.91 Å². The molecular formula is C22H28N4OS. The van der Waals surface area contributed by atoms with Gasteiger partial charge in [-0.05, 0) is 18.9 Å². The van der Waals surface area contributed by atoms with Gasteiger partial charge in [0.25, 0.3) is 0 Å². The van der Waals surface area contributed by atoms with Crippen LogP contribution in [0.15, 0.2) is 36.7 Å². The van der Waals surface area contributed by atoms with Crippen molar-refractivity contribution in [3.8, 4) is 11.1 Å². The third-order valence-corrected chi connectivity index (χ3v) is 5.74. The fourth-order valence-corrected chi connectivity index (χ4v) is 4.31. The van der Waals surface area contributed by atoms with Crippen molar-refractivity contribution < 1.29 is 4.79 Å². The Kier molecular flexibility index (Phi) is 7.37. The highest BCUT2D eigenvalue weighted by molar-refractivity contribution is 7.19. The molecule has 0 saturated carbocycles. The fourth-order valence-electron chi connectivity index (χ4n) is 3.29. The Morgan fingerprint density at radius 2 is 1.89 bits per heavy atom. The van der Waals surface area contributed by atoms with E-state index in [1.165, 1.54) is 29.7 Å². The van der Waals surface area contributed by atoms with E-state index < -0.39 is 0 Å². The number of benzene rings is 1. The number of hydrogen-bond acceptors (Lipinski definition) is 5. The van der Waals surface area contributed by atoms with Gasteiger partial charge in [-0.2, -0.15) is 0 Å². The molecule has 0 radical (unpaired) electrons. The lowest BCUT2D eigenvalue weighted by molar-refractivity contribution is -0.120. The number of nitrogens with one attached hydrogen (secondary N) is 2. The second kappa shape index (κ2) is 10.2. The minimum atomic E-state index is 0.0825. The molecule has 0 saturated heterocycles. The first-order chi connectivity index (χ1) is 13.7.